The summed E-state index contributed by atoms with van der Waals surface area (Å²) < 4.78 is 12.5. The first-order valence-corrected chi connectivity index (χ1v) is 7.08. The van der Waals surface area contributed by atoms with E-state index in [1.807, 2.05) is 10.9 Å². The Hall–Kier alpha value is -1.76. The van der Waals surface area contributed by atoms with Gasteiger partial charge in [0.15, 0.2) is 0 Å². The van der Waals surface area contributed by atoms with Crippen LogP contribution >= 0.6 is 0 Å². The second-order valence-corrected chi connectivity index (χ2v) is 4.85. The van der Waals surface area contributed by atoms with Crippen molar-refractivity contribution in [2.24, 2.45) is 5.73 Å². The minimum absolute atomic E-state index is 0.444. The van der Waals surface area contributed by atoms with Gasteiger partial charge in [-0.3, -0.25) is 0 Å². The summed E-state index contributed by atoms with van der Waals surface area (Å²) in [5.41, 5.74) is 8.60. The van der Waals surface area contributed by atoms with Gasteiger partial charge in [0.2, 0.25) is 0 Å². The molecule has 0 bridgehead atoms. The zero-order valence-electron chi connectivity index (χ0n) is 12.4. The number of nitrogens with zero attached hydrogens (tertiary/aromatic N) is 3. The molecule has 1 aromatic heterocycles. The molecule has 6 nitrogen and oxygen atoms in total. The van der Waals surface area contributed by atoms with E-state index in [-0.39, 0.29) is 0 Å². The molecule has 2 rings (SSSR count). The highest BCUT2D eigenvalue weighted by molar-refractivity contribution is 5.21. The maximum atomic E-state index is 5.46. The van der Waals surface area contributed by atoms with Crippen LogP contribution in [0.4, 0.5) is 0 Å². The fourth-order valence-electron chi connectivity index (χ4n) is 1.84. The molecule has 114 valence electrons. The smallest absolute Gasteiger partial charge is 0.108 e. The molecule has 1 heterocycles. The Morgan fingerprint density at radius 3 is 2.62 bits per heavy atom. The number of benzene rings is 1. The third-order valence-corrected chi connectivity index (χ3v) is 2.94. The third kappa shape index (κ3) is 5.63. The van der Waals surface area contributed by atoms with Crippen molar-refractivity contribution in [1.29, 1.82) is 0 Å². The molecular weight excluding hydrogens is 268 g/mol. The van der Waals surface area contributed by atoms with Gasteiger partial charge < -0.3 is 15.2 Å². The van der Waals surface area contributed by atoms with Crippen LogP contribution in [0.2, 0.25) is 0 Å². The lowest BCUT2D eigenvalue weighted by molar-refractivity contribution is 0.0422. The summed E-state index contributed by atoms with van der Waals surface area (Å²) in [5, 5.41) is 8.19. The predicted molar refractivity (Wildman–Crippen MR) is 79.8 cm³/mol. The molecule has 0 aliphatic rings. The normalized spacial score (nSPS) is 11.0. The summed E-state index contributed by atoms with van der Waals surface area (Å²) in [6.07, 6.45) is 1.90. The zero-order valence-corrected chi connectivity index (χ0v) is 12.4. The number of ether oxygens (including phenoxy) is 2. The Bertz CT molecular complexity index is 525. The second kappa shape index (κ2) is 8.51. The zero-order chi connectivity index (χ0) is 14.9. The lowest BCUT2D eigenvalue weighted by atomic mass is 10.1. The van der Waals surface area contributed by atoms with Gasteiger partial charge in [-0.1, -0.05) is 35.0 Å². The van der Waals surface area contributed by atoms with Crippen LogP contribution in [0.1, 0.15) is 16.8 Å². The van der Waals surface area contributed by atoms with Crippen molar-refractivity contribution in [3.05, 3.63) is 47.3 Å². The number of hydrogen-bond donors (Lipinski definition) is 1. The number of nitrogens with two attached hydrogens (primary N) is 1. The van der Waals surface area contributed by atoms with Gasteiger partial charge in [-0.2, -0.15) is 0 Å². The standard InChI is InChI=1S/C15H22N4O2/c1-13-2-4-14(5-3-13)10-19-11-15(17-18-19)12-21-9-8-20-7-6-16/h2-5,11H,6-10,12,16H2,1H3. The Labute approximate surface area is 124 Å². The Morgan fingerprint density at radius 1 is 1.10 bits per heavy atom. The maximum absolute atomic E-state index is 5.46. The monoisotopic (exact) mass is 290 g/mol. The highest BCUT2D eigenvalue weighted by Crippen LogP contribution is 2.05. The summed E-state index contributed by atoms with van der Waals surface area (Å²) in [5.74, 6) is 0. The molecule has 0 saturated heterocycles. The molecule has 0 atom stereocenters. The first kappa shape index (κ1) is 15.6. The fraction of sp³-hybridized carbons (Fsp3) is 0.467. The molecule has 6 heteroatoms. The van der Waals surface area contributed by atoms with E-state index in [4.69, 9.17) is 15.2 Å². The molecule has 0 saturated carbocycles. The number of hydrogen-bond acceptors (Lipinski definition) is 5. The molecule has 2 N–H and O–H groups in total. The predicted octanol–water partition coefficient (Wildman–Crippen LogP) is 1.13. The molecule has 0 radical (unpaired) electrons. The molecule has 1 aromatic carbocycles. The highest BCUT2D eigenvalue weighted by Gasteiger charge is 2.02. The van der Waals surface area contributed by atoms with Gasteiger partial charge in [0.05, 0.1) is 39.2 Å². The number of rotatable bonds is 9. The van der Waals surface area contributed by atoms with E-state index in [1.54, 1.807) is 0 Å². The van der Waals surface area contributed by atoms with Gasteiger partial charge in [-0.15, -0.1) is 5.10 Å². The molecule has 0 aliphatic carbocycles. The van der Waals surface area contributed by atoms with Gasteiger partial charge in [0, 0.05) is 6.54 Å². The van der Waals surface area contributed by atoms with Crippen LogP contribution in [0.5, 0.6) is 0 Å². The molecule has 0 aliphatic heterocycles. The van der Waals surface area contributed by atoms with E-state index in [0.29, 0.717) is 39.5 Å². The topological polar surface area (TPSA) is 75.2 Å². The average molecular weight is 290 g/mol. The molecule has 0 spiro atoms. The van der Waals surface area contributed by atoms with Crippen LogP contribution in [0, 0.1) is 6.92 Å². The van der Waals surface area contributed by atoms with E-state index in [0.717, 1.165) is 5.69 Å². The van der Waals surface area contributed by atoms with Crippen LogP contribution in [0.15, 0.2) is 30.5 Å². The summed E-state index contributed by atoms with van der Waals surface area (Å²) in [4.78, 5) is 0. The minimum Gasteiger partial charge on any atom is -0.378 e. The van der Waals surface area contributed by atoms with Crippen molar-refractivity contribution in [3.8, 4) is 0 Å². The van der Waals surface area contributed by atoms with Gasteiger partial charge in [-0.25, -0.2) is 4.68 Å². The second-order valence-electron chi connectivity index (χ2n) is 4.85. The van der Waals surface area contributed by atoms with E-state index in [9.17, 15) is 0 Å². The molecule has 21 heavy (non-hydrogen) atoms. The first-order chi connectivity index (χ1) is 10.3. The molecular formula is C15H22N4O2. The maximum Gasteiger partial charge on any atom is 0.108 e. The van der Waals surface area contributed by atoms with Crippen molar-refractivity contribution < 1.29 is 9.47 Å². The van der Waals surface area contributed by atoms with E-state index >= 15 is 0 Å². The average Bonchev–Trinajstić information content (AvgIpc) is 2.93. The Kier molecular flexibility index (Phi) is 6.33. The first-order valence-electron chi connectivity index (χ1n) is 7.08. The van der Waals surface area contributed by atoms with Crippen LogP contribution in [0.25, 0.3) is 0 Å². The largest absolute Gasteiger partial charge is 0.378 e. The highest BCUT2D eigenvalue weighted by atomic mass is 16.5. The number of aromatic nitrogens is 3. The summed E-state index contributed by atoms with van der Waals surface area (Å²) in [6.45, 7) is 5.42. The van der Waals surface area contributed by atoms with Gasteiger partial charge in [0.25, 0.3) is 0 Å². The summed E-state index contributed by atoms with van der Waals surface area (Å²) in [7, 11) is 0. The fourth-order valence-corrected chi connectivity index (χ4v) is 1.84. The van der Waals surface area contributed by atoms with Crippen LogP contribution < -0.4 is 5.73 Å². The third-order valence-electron chi connectivity index (χ3n) is 2.94. The van der Waals surface area contributed by atoms with E-state index in [1.165, 1.54) is 11.1 Å². The SMILES string of the molecule is Cc1ccc(Cn2cc(COCCOCCN)nn2)cc1. The van der Waals surface area contributed by atoms with Crippen LogP contribution in [-0.2, 0) is 22.6 Å². The lowest BCUT2D eigenvalue weighted by Gasteiger charge is -2.03. The van der Waals surface area contributed by atoms with Gasteiger partial charge in [0.1, 0.15) is 5.69 Å². The molecule has 0 fully saturated rings. The molecule has 0 unspecified atom stereocenters. The quantitative estimate of drug-likeness (QED) is 0.701. The van der Waals surface area contributed by atoms with Crippen molar-refractivity contribution >= 4 is 0 Å². The lowest BCUT2D eigenvalue weighted by Crippen LogP contribution is -2.12. The van der Waals surface area contributed by atoms with Crippen LogP contribution in [-0.4, -0.2) is 41.4 Å². The van der Waals surface area contributed by atoms with Crippen LogP contribution in [0.3, 0.4) is 0 Å². The van der Waals surface area contributed by atoms with Gasteiger partial charge >= 0.3 is 0 Å². The van der Waals surface area contributed by atoms with Gasteiger partial charge in [-0.05, 0) is 12.5 Å². The van der Waals surface area contributed by atoms with Crippen molar-refractivity contribution in [2.75, 3.05) is 26.4 Å². The Balaban J connectivity index is 1.72. The number of aryl methyl sites for hydroxylation is 1. The molecule has 2 aromatic rings. The van der Waals surface area contributed by atoms with Crippen molar-refractivity contribution in [2.45, 2.75) is 20.1 Å². The summed E-state index contributed by atoms with van der Waals surface area (Å²) >= 11 is 0. The van der Waals surface area contributed by atoms with E-state index in [2.05, 4.69) is 41.5 Å². The van der Waals surface area contributed by atoms with Crippen molar-refractivity contribution in [3.63, 3.8) is 0 Å². The van der Waals surface area contributed by atoms with Crippen molar-refractivity contribution in [1.82, 2.24) is 15.0 Å². The molecule has 0 amide bonds. The minimum atomic E-state index is 0.444. The Morgan fingerprint density at radius 2 is 1.86 bits per heavy atom. The van der Waals surface area contributed by atoms with E-state index < -0.39 is 0 Å². The summed E-state index contributed by atoms with van der Waals surface area (Å²) in [6, 6.07) is 8.39.